The summed E-state index contributed by atoms with van der Waals surface area (Å²) in [7, 11) is 0. The van der Waals surface area contributed by atoms with Crippen LogP contribution in [0.25, 0.3) is 0 Å². The predicted octanol–water partition coefficient (Wildman–Crippen LogP) is 4.48. The van der Waals surface area contributed by atoms with E-state index in [1.165, 1.54) is 18.9 Å². The number of hydrogen-bond acceptors (Lipinski definition) is 3. The van der Waals surface area contributed by atoms with Crippen LogP contribution in [0.2, 0.25) is 5.02 Å². The first-order valence-corrected chi connectivity index (χ1v) is 7.05. The Bertz CT molecular complexity index is 479. The lowest BCUT2D eigenvalue weighted by Gasteiger charge is -2.34. The summed E-state index contributed by atoms with van der Waals surface area (Å²) < 4.78 is 0. The third kappa shape index (κ3) is 3.38. The number of halogens is 1. The number of nitrogens with one attached hydrogen (secondary N) is 1. The molecular weight excluding hydrogens is 264 g/mol. The second kappa shape index (κ2) is 5.78. The molecule has 1 saturated carbocycles. The van der Waals surface area contributed by atoms with E-state index in [1.54, 1.807) is 12.1 Å². The minimum atomic E-state index is -0.461. The van der Waals surface area contributed by atoms with Gasteiger partial charge in [-0.05, 0) is 36.8 Å². The summed E-state index contributed by atoms with van der Waals surface area (Å²) in [5.41, 5.74) is 0.818. The highest BCUT2D eigenvalue weighted by molar-refractivity contribution is 6.32. The van der Waals surface area contributed by atoms with Gasteiger partial charge in [0.2, 0.25) is 0 Å². The van der Waals surface area contributed by atoms with Gasteiger partial charge in [-0.2, -0.15) is 0 Å². The van der Waals surface area contributed by atoms with Crippen LogP contribution in [0, 0.1) is 22.0 Å². The number of benzene rings is 1. The molecule has 1 fully saturated rings. The van der Waals surface area contributed by atoms with Gasteiger partial charge in [-0.15, -0.1) is 0 Å². The maximum absolute atomic E-state index is 10.7. The van der Waals surface area contributed by atoms with E-state index in [9.17, 15) is 10.1 Å². The molecule has 0 aromatic heterocycles. The minimum absolute atomic E-state index is 0.0442. The number of nitro groups is 1. The Hall–Kier alpha value is -1.29. The summed E-state index contributed by atoms with van der Waals surface area (Å²) in [6, 6.07) is 5.25. The van der Waals surface area contributed by atoms with Crippen molar-refractivity contribution in [2.75, 3.05) is 5.32 Å². The Balaban J connectivity index is 2.10. The molecule has 2 rings (SSSR count). The highest BCUT2D eigenvalue weighted by Gasteiger charge is 2.25. The molecule has 5 heteroatoms. The van der Waals surface area contributed by atoms with Crippen molar-refractivity contribution in [3.8, 4) is 0 Å². The van der Waals surface area contributed by atoms with E-state index in [1.807, 2.05) is 0 Å². The van der Waals surface area contributed by atoms with Gasteiger partial charge >= 0.3 is 0 Å². The quantitative estimate of drug-likeness (QED) is 0.657. The summed E-state index contributed by atoms with van der Waals surface area (Å²) in [4.78, 5) is 10.3. The van der Waals surface area contributed by atoms with Gasteiger partial charge in [0, 0.05) is 17.8 Å². The molecule has 1 N–H and O–H groups in total. The normalized spacial score (nSPS) is 27.0. The molecule has 0 saturated heterocycles. The van der Waals surface area contributed by atoms with Crippen molar-refractivity contribution in [3.05, 3.63) is 33.3 Å². The first-order valence-electron chi connectivity index (χ1n) is 6.68. The first-order chi connectivity index (χ1) is 8.97. The molecule has 3 unspecified atom stereocenters. The summed E-state index contributed by atoms with van der Waals surface area (Å²) in [5, 5.41) is 14.4. The van der Waals surface area contributed by atoms with Crippen molar-refractivity contribution in [2.45, 2.75) is 39.2 Å². The van der Waals surface area contributed by atoms with E-state index >= 15 is 0 Å². The van der Waals surface area contributed by atoms with Crippen LogP contribution >= 0.6 is 11.6 Å². The molecule has 0 heterocycles. The Morgan fingerprint density at radius 2 is 2.11 bits per heavy atom. The lowest BCUT2D eigenvalue weighted by atomic mass is 9.80. The van der Waals surface area contributed by atoms with Gasteiger partial charge in [0.25, 0.3) is 5.69 Å². The zero-order valence-electron chi connectivity index (χ0n) is 11.2. The molecule has 104 valence electrons. The fourth-order valence-electron chi connectivity index (χ4n) is 2.69. The minimum Gasteiger partial charge on any atom is -0.382 e. The smallest absolute Gasteiger partial charge is 0.288 e. The predicted molar refractivity (Wildman–Crippen MR) is 77.7 cm³/mol. The van der Waals surface area contributed by atoms with Crippen LogP contribution in [-0.2, 0) is 0 Å². The third-order valence-corrected chi connectivity index (χ3v) is 4.26. The fraction of sp³-hybridized carbons (Fsp3) is 0.571. The number of nitrogens with zero attached hydrogens (tertiary/aromatic N) is 1. The lowest BCUT2D eigenvalue weighted by molar-refractivity contribution is -0.384. The van der Waals surface area contributed by atoms with Gasteiger partial charge in [-0.1, -0.05) is 31.9 Å². The Morgan fingerprint density at radius 1 is 1.37 bits per heavy atom. The summed E-state index contributed by atoms with van der Waals surface area (Å²) in [6.45, 7) is 4.51. The fourth-order valence-corrected chi connectivity index (χ4v) is 2.94. The van der Waals surface area contributed by atoms with E-state index in [4.69, 9.17) is 11.6 Å². The molecular formula is C14H19ClN2O2. The maximum atomic E-state index is 10.7. The number of hydrogen-bond donors (Lipinski definition) is 1. The van der Waals surface area contributed by atoms with E-state index < -0.39 is 4.92 Å². The van der Waals surface area contributed by atoms with E-state index in [0.29, 0.717) is 12.0 Å². The molecule has 0 radical (unpaired) electrons. The molecule has 0 spiro atoms. The standard InChI is InChI=1S/C14H19ClN2O2/c1-9-3-4-10(2)13(7-9)16-11-5-6-14(17(18)19)12(15)8-11/h5-6,8-10,13,16H,3-4,7H2,1-2H3. The van der Waals surface area contributed by atoms with Gasteiger partial charge < -0.3 is 5.32 Å². The second-order valence-corrected chi connectivity index (χ2v) is 5.98. The molecule has 1 aromatic rings. The van der Waals surface area contributed by atoms with Crippen LogP contribution in [0.5, 0.6) is 0 Å². The van der Waals surface area contributed by atoms with Gasteiger partial charge in [-0.25, -0.2) is 0 Å². The van der Waals surface area contributed by atoms with Crippen LogP contribution in [0.4, 0.5) is 11.4 Å². The van der Waals surface area contributed by atoms with Gasteiger partial charge in [-0.3, -0.25) is 10.1 Å². The van der Waals surface area contributed by atoms with Crippen molar-refractivity contribution in [3.63, 3.8) is 0 Å². The van der Waals surface area contributed by atoms with Gasteiger partial charge in [0.05, 0.1) is 4.92 Å². The van der Waals surface area contributed by atoms with Crippen LogP contribution < -0.4 is 5.32 Å². The Labute approximate surface area is 118 Å². The molecule has 19 heavy (non-hydrogen) atoms. The van der Waals surface area contributed by atoms with Crippen molar-refractivity contribution in [1.29, 1.82) is 0 Å². The van der Waals surface area contributed by atoms with E-state index in [0.717, 1.165) is 18.0 Å². The van der Waals surface area contributed by atoms with Crippen molar-refractivity contribution in [2.24, 2.45) is 11.8 Å². The zero-order valence-corrected chi connectivity index (χ0v) is 12.0. The average Bonchev–Trinajstić information content (AvgIpc) is 2.33. The topological polar surface area (TPSA) is 55.2 Å². The van der Waals surface area contributed by atoms with Crippen LogP contribution in [0.1, 0.15) is 33.1 Å². The molecule has 0 amide bonds. The van der Waals surface area contributed by atoms with Crippen molar-refractivity contribution in [1.82, 2.24) is 0 Å². The van der Waals surface area contributed by atoms with E-state index in [-0.39, 0.29) is 10.7 Å². The van der Waals surface area contributed by atoms with Gasteiger partial charge in [0.15, 0.2) is 0 Å². The Kier molecular flexibility index (Phi) is 4.30. The zero-order chi connectivity index (χ0) is 14.0. The summed E-state index contributed by atoms with van der Waals surface area (Å²) in [6.07, 6.45) is 3.63. The molecule has 0 aliphatic heterocycles. The summed E-state index contributed by atoms with van der Waals surface area (Å²) >= 11 is 5.93. The molecule has 4 nitrogen and oxygen atoms in total. The first kappa shape index (κ1) is 14.1. The Morgan fingerprint density at radius 3 is 2.74 bits per heavy atom. The average molecular weight is 283 g/mol. The van der Waals surface area contributed by atoms with Crippen LogP contribution in [0.15, 0.2) is 18.2 Å². The van der Waals surface area contributed by atoms with Crippen LogP contribution in [-0.4, -0.2) is 11.0 Å². The number of rotatable bonds is 3. The highest BCUT2D eigenvalue weighted by atomic mass is 35.5. The monoisotopic (exact) mass is 282 g/mol. The van der Waals surface area contributed by atoms with Gasteiger partial charge in [0.1, 0.15) is 5.02 Å². The largest absolute Gasteiger partial charge is 0.382 e. The SMILES string of the molecule is CC1CCC(C)C(Nc2ccc([N+](=O)[O-])c(Cl)c2)C1. The summed E-state index contributed by atoms with van der Waals surface area (Å²) in [5.74, 6) is 1.34. The number of nitro benzene ring substituents is 1. The lowest BCUT2D eigenvalue weighted by Crippen LogP contribution is -2.33. The van der Waals surface area contributed by atoms with Crippen molar-refractivity contribution < 1.29 is 4.92 Å². The molecule has 3 atom stereocenters. The highest BCUT2D eigenvalue weighted by Crippen LogP contribution is 2.32. The number of anilines is 1. The third-order valence-electron chi connectivity index (χ3n) is 3.95. The second-order valence-electron chi connectivity index (χ2n) is 5.57. The van der Waals surface area contributed by atoms with Crippen LogP contribution in [0.3, 0.4) is 0 Å². The van der Waals surface area contributed by atoms with Crippen molar-refractivity contribution >= 4 is 23.0 Å². The van der Waals surface area contributed by atoms with E-state index in [2.05, 4.69) is 19.2 Å². The molecule has 0 bridgehead atoms. The maximum Gasteiger partial charge on any atom is 0.288 e. The molecule has 1 aliphatic carbocycles. The molecule has 1 aliphatic rings. The molecule has 1 aromatic carbocycles.